The van der Waals surface area contributed by atoms with Gasteiger partial charge in [0.15, 0.2) is 0 Å². The van der Waals surface area contributed by atoms with Crippen LogP contribution >= 0.6 is 0 Å². The average Bonchev–Trinajstić information content (AvgIpc) is 3.60. The third-order valence-electron chi connectivity index (χ3n) is 11.1. The molecule has 1 aliphatic carbocycles. The van der Waals surface area contributed by atoms with Crippen molar-refractivity contribution < 1.29 is 0 Å². The molecular weight excluding hydrogens is 665 g/mol. The molecule has 1 atom stereocenters. The summed E-state index contributed by atoms with van der Waals surface area (Å²) in [6.07, 6.45) is 8.07. The highest BCUT2D eigenvalue weighted by atomic mass is 15.2. The molecule has 0 saturated carbocycles. The molecule has 0 fully saturated rings. The van der Waals surface area contributed by atoms with E-state index in [9.17, 15) is 0 Å². The molecule has 262 valence electrons. The number of hydrogen-bond donors (Lipinski definition) is 0. The summed E-state index contributed by atoms with van der Waals surface area (Å²) in [6, 6.07) is 68.5. The van der Waals surface area contributed by atoms with Crippen molar-refractivity contribution in [1.82, 2.24) is 4.57 Å². The maximum atomic E-state index is 2.49. The number of rotatable bonds is 7. The van der Waals surface area contributed by atoms with Crippen LogP contribution in [0.1, 0.15) is 13.3 Å². The minimum absolute atomic E-state index is 0.518. The smallest absolute Gasteiger partial charge is 0.0782 e. The number of para-hydroxylation sites is 3. The number of benzene rings is 8. The molecule has 0 aliphatic heterocycles. The third-order valence-corrected chi connectivity index (χ3v) is 11.1. The molecule has 1 aromatic heterocycles. The molecule has 2 heteroatoms. The first-order chi connectivity index (χ1) is 27.2. The summed E-state index contributed by atoms with van der Waals surface area (Å²) in [5.74, 6) is 0.518. The number of hydrogen-bond acceptors (Lipinski definition) is 1. The summed E-state index contributed by atoms with van der Waals surface area (Å²) in [7, 11) is 0. The van der Waals surface area contributed by atoms with E-state index in [1.807, 2.05) is 0 Å². The fraction of sp³-hybridized carbons (Fsp3) is 0.0566. The van der Waals surface area contributed by atoms with Crippen LogP contribution in [0.25, 0.3) is 71.7 Å². The van der Waals surface area contributed by atoms with Crippen LogP contribution in [-0.2, 0) is 0 Å². The first kappa shape index (κ1) is 32.7. The Bertz CT molecular complexity index is 2890. The van der Waals surface area contributed by atoms with Crippen LogP contribution in [-0.4, -0.2) is 4.57 Å². The zero-order valence-electron chi connectivity index (χ0n) is 30.8. The first-order valence-corrected chi connectivity index (χ1v) is 19.3. The van der Waals surface area contributed by atoms with Crippen LogP contribution in [0.4, 0.5) is 17.1 Å². The molecule has 55 heavy (non-hydrogen) atoms. The lowest BCUT2D eigenvalue weighted by atomic mass is 9.90. The van der Waals surface area contributed by atoms with Gasteiger partial charge in [-0.05, 0) is 87.3 Å². The van der Waals surface area contributed by atoms with Gasteiger partial charge in [0.25, 0.3) is 0 Å². The van der Waals surface area contributed by atoms with Gasteiger partial charge in [0.1, 0.15) is 0 Å². The molecule has 8 aromatic carbocycles. The van der Waals surface area contributed by atoms with Gasteiger partial charge in [-0.15, -0.1) is 0 Å². The van der Waals surface area contributed by atoms with Crippen LogP contribution < -0.4 is 4.90 Å². The summed E-state index contributed by atoms with van der Waals surface area (Å²) in [5.41, 5.74) is 14.2. The zero-order valence-corrected chi connectivity index (χ0v) is 30.8. The minimum atomic E-state index is 0.518. The standard InChI is InChI=1S/C53H40N2/c1-37-29-33-43(34-30-37)55-50-27-11-9-22-46(50)48-25-14-28-51(53(48)55)54(42-35-31-39(32-36-42)38-15-4-2-5-16-38)49-26-10-8-21-45(49)47-24-13-20-41-19-12-23-44(52(41)47)40-17-6-3-7-18-40/h2-29,31-37H,30H2,1H3. The van der Waals surface area contributed by atoms with Crippen LogP contribution in [0.5, 0.6) is 0 Å². The topological polar surface area (TPSA) is 8.17 Å². The second kappa shape index (κ2) is 13.8. The number of anilines is 3. The number of fused-ring (bicyclic) bond motifs is 4. The SMILES string of the molecule is CC1C=CC(n2c3ccccc3c3cccc(N(c4ccc(-c5ccccc5)cc4)c4ccccc4-c4cccc5cccc(-c6ccccc6)c45)c32)=CC1. The Hall–Kier alpha value is -6.90. The van der Waals surface area contributed by atoms with Crippen LogP contribution in [0, 0.1) is 5.92 Å². The second-order valence-corrected chi connectivity index (χ2v) is 14.6. The monoisotopic (exact) mass is 704 g/mol. The largest absolute Gasteiger partial charge is 0.308 e. The first-order valence-electron chi connectivity index (χ1n) is 19.3. The van der Waals surface area contributed by atoms with Gasteiger partial charge in [0.05, 0.1) is 22.4 Å². The van der Waals surface area contributed by atoms with Crippen molar-refractivity contribution in [3.8, 4) is 33.4 Å². The van der Waals surface area contributed by atoms with Crippen molar-refractivity contribution in [3.05, 3.63) is 206 Å². The van der Waals surface area contributed by atoms with Crippen molar-refractivity contribution in [2.45, 2.75) is 13.3 Å². The predicted molar refractivity (Wildman–Crippen MR) is 235 cm³/mol. The summed E-state index contributed by atoms with van der Waals surface area (Å²) in [6.45, 7) is 2.29. The highest BCUT2D eigenvalue weighted by molar-refractivity contribution is 6.16. The van der Waals surface area contributed by atoms with E-state index in [0.29, 0.717) is 5.92 Å². The molecule has 1 unspecified atom stereocenters. The highest BCUT2D eigenvalue weighted by Crippen LogP contribution is 2.48. The lowest BCUT2D eigenvalue weighted by molar-refractivity contribution is 0.735. The van der Waals surface area contributed by atoms with Gasteiger partial charge in [-0.25, -0.2) is 0 Å². The van der Waals surface area contributed by atoms with Crippen molar-refractivity contribution in [1.29, 1.82) is 0 Å². The fourth-order valence-corrected chi connectivity index (χ4v) is 8.49. The van der Waals surface area contributed by atoms with Gasteiger partial charge in [-0.2, -0.15) is 0 Å². The van der Waals surface area contributed by atoms with E-state index in [0.717, 1.165) is 23.5 Å². The van der Waals surface area contributed by atoms with E-state index in [-0.39, 0.29) is 0 Å². The van der Waals surface area contributed by atoms with Gasteiger partial charge in [0.2, 0.25) is 0 Å². The number of aromatic nitrogens is 1. The Morgan fingerprint density at radius 2 is 1.09 bits per heavy atom. The number of allylic oxidation sites excluding steroid dienone is 4. The van der Waals surface area contributed by atoms with Crippen molar-refractivity contribution in [2.24, 2.45) is 5.92 Å². The summed E-state index contributed by atoms with van der Waals surface area (Å²) < 4.78 is 2.49. The Labute approximate surface area is 322 Å². The molecule has 1 aliphatic rings. The van der Waals surface area contributed by atoms with E-state index in [1.54, 1.807) is 0 Å². The maximum Gasteiger partial charge on any atom is 0.0782 e. The molecule has 0 N–H and O–H groups in total. The molecule has 10 rings (SSSR count). The Balaban J connectivity index is 1.27. The second-order valence-electron chi connectivity index (χ2n) is 14.6. The Kier molecular flexibility index (Phi) is 8.22. The van der Waals surface area contributed by atoms with Gasteiger partial charge >= 0.3 is 0 Å². The molecule has 0 amide bonds. The van der Waals surface area contributed by atoms with Crippen molar-refractivity contribution >= 4 is 55.3 Å². The highest BCUT2D eigenvalue weighted by Gasteiger charge is 2.25. The lowest BCUT2D eigenvalue weighted by Crippen LogP contribution is -2.13. The molecule has 9 aromatic rings. The van der Waals surface area contributed by atoms with Gasteiger partial charge < -0.3 is 9.47 Å². The normalized spacial score (nSPS) is 14.1. The fourth-order valence-electron chi connectivity index (χ4n) is 8.49. The summed E-state index contributed by atoms with van der Waals surface area (Å²) in [4.78, 5) is 2.49. The molecule has 0 radical (unpaired) electrons. The minimum Gasteiger partial charge on any atom is -0.308 e. The molecule has 2 nitrogen and oxygen atoms in total. The molecule has 1 heterocycles. The molecule has 0 saturated heterocycles. The van der Waals surface area contributed by atoms with E-state index in [4.69, 9.17) is 0 Å². The van der Waals surface area contributed by atoms with E-state index in [1.165, 1.54) is 71.7 Å². The summed E-state index contributed by atoms with van der Waals surface area (Å²) in [5, 5.41) is 4.96. The van der Waals surface area contributed by atoms with Crippen LogP contribution in [0.2, 0.25) is 0 Å². The van der Waals surface area contributed by atoms with E-state index in [2.05, 4.69) is 223 Å². The molecule has 0 bridgehead atoms. The lowest BCUT2D eigenvalue weighted by Gasteiger charge is -2.30. The average molecular weight is 705 g/mol. The predicted octanol–water partition coefficient (Wildman–Crippen LogP) is 14.9. The summed E-state index contributed by atoms with van der Waals surface area (Å²) >= 11 is 0. The van der Waals surface area contributed by atoms with Crippen LogP contribution in [0.3, 0.4) is 0 Å². The van der Waals surface area contributed by atoms with Gasteiger partial charge in [-0.1, -0.05) is 177 Å². The quantitative estimate of drug-likeness (QED) is 0.160. The van der Waals surface area contributed by atoms with E-state index < -0.39 is 0 Å². The third kappa shape index (κ3) is 5.75. The zero-order chi connectivity index (χ0) is 36.7. The number of nitrogens with zero attached hydrogens (tertiary/aromatic N) is 2. The van der Waals surface area contributed by atoms with Gasteiger partial charge in [-0.3, -0.25) is 0 Å². The van der Waals surface area contributed by atoms with E-state index >= 15 is 0 Å². The molecular formula is C53H40N2. The van der Waals surface area contributed by atoms with Crippen LogP contribution in [0.15, 0.2) is 206 Å². The molecule has 0 spiro atoms. The van der Waals surface area contributed by atoms with Gasteiger partial charge in [0, 0.05) is 27.7 Å². The van der Waals surface area contributed by atoms with Crippen molar-refractivity contribution in [3.63, 3.8) is 0 Å². The maximum absolute atomic E-state index is 2.49. The van der Waals surface area contributed by atoms with Crippen molar-refractivity contribution in [2.75, 3.05) is 4.90 Å². The Morgan fingerprint density at radius 3 is 1.85 bits per heavy atom. The Morgan fingerprint density at radius 1 is 0.491 bits per heavy atom.